The van der Waals surface area contributed by atoms with E-state index in [-0.39, 0.29) is 0 Å². The lowest BCUT2D eigenvalue weighted by molar-refractivity contribution is 1.18. The maximum atomic E-state index is 5.19. The zero-order chi connectivity index (χ0) is 36.3. The summed E-state index contributed by atoms with van der Waals surface area (Å²) in [5.41, 5.74) is 11.6. The quantitative estimate of drug-likeness (QED) is 0.166. The molecule has 0 unspecified atom stereocenters. The Morgan fingerprint density at radius 1 is 0.364 bits per heavy atom. The van der Waals surface area contributed by atoms with Crippen LogP contribution in [0.5, 0.6) is 0 Å². The highest BCUT2D eigenvalue weighted by Crippen LogP contribution is 2.41. The smallest absolute Gasteiger partial charge is 0.160 e. The number of nitrogens with zero attached hydrogens (tertiary/aromatic N) is 5. The van der Waals surface area contributed by atoms with E-state index in [0.717, 1.165) is 88.6 Å². The van der Waals surface area contributed by atoms with E-state index in [1.165, 1.54) is 27.9 Å². The van der Waals surface area contributed by atoms with E-state index >= 15 is 0 Å². The molecule has 0 fully saturated rings. The number of hydrogen-bond donors (Lipinski definition) is 0. The van der Waals surface area contributed by atoms with Crippen LogP contribution in [0.2, 0.25) is 0 Å². The summed E-state index contributed by atoms with van der Waals surface area (Å²) in [5, 5.41) is 7.92. The number of para-hydroxylation sites is 1. The Morgan fingerprint density at radius 2 is 0.945 bits per heavy atom. The molecule has 3 aromatic heterocycles. The first-order valence-corrected chi connectivity index (χ1v) is 19.0. The Kier molecular flexibility index (Phi) is 7.28. The van der Waals surface area contributed by atoms with E-state index in [1.54, 1.807) is 0 Å². The number of benzene rings is 8. The second kappa shape index (κ2) is 12.8. The summed E-state index contributed by atoms with van der Waals surface area (Å²) in [6, 6.07) is 61.5. The van der Waals surface area contributed by atoms with E-state index in [1.807, 2.05) is 12.1 Å². The SMILES string of the molecule is c1ccc(-c2nc3ccccc3c3c2cc(-c2ccc(-c4cc(-c5ccc6ccccc6c5)nc(-c5ccc6ccccc6c5)n4)cc2)c2nsnc23)cc1. The number of rotatable bonds is 5. The van der Waals surface area contributed by atoms with Crippen molar-refractivity contribution < 1.29 is 0 Å². The predicted octanol–water partition coefficient (Wildman–Crippen LogP) is 12.8. The predicted molar refractivity (Wildman–Crippen MR) is 228 cm³/mol. The summed E-state index contributed by atoms with van der Waals surface area (Å²) in [5.74, 6) is 0.688. The molecule has 5 nitrogen and oxygen atoms in total. The maximum Gasteiger partial charge on any atom is 0.160 e. The molecule has 0 N–H and O–H groups in total. The van der Waals surface area contributed by atoms with Crippen molar-refractivity contribution in [1.29, 1.82) is 0 Å². The molecule has 256 valence electrons. The molecule has 11 rings (SSSR count). The molecule has 0 atom stereocenters. The van der Waals surface area contributed by atoms with Gasteiger partial charge in [0, 0.05) is 44.0 Å². The Morgan fingerprint density at radius 3 is 1.71 bits per heavy atom. The summed E-state index contributed by atoms with van der Waals surface area (Å²) >= 11 is 1.25. The van der Waals surface area contributed by atoms with E-state index in [0.29, 0.717) is 5.82 Å². The average molecular weight is 720 g/mol. The van der Waals surface area contributed by atoms with E-state index < -0.39 is 0 Å². The molecule has 0 aliphatic carbocycles. The molecule has 3 heterocycles. The molecule has 0 amide bonds. The highest BCUT2D eigenvalue weighted by molar-refractivity contribution is 7.00. The minimum absolute atomic E-state index is 0.688. The lowest BCUT2D eigenvalue weighted by Crippen LogP contribution is -1.96. The standard InChI is InChI=1S/C49H29N5S/c1-2-12-34(13-3-1)46-41-28-40(47-48(54-55-53-47)45(41)39-16-8-9-17-42(39)50-46)32-20-22-33(23-21-32)43-29-44(37-24-18-30-10-4-6-14-35(30)26-37)52-49(51-43)38-25-19-31-11-5-7-15-36(31)27-38/h1-29H. The third-order valence-electron chi connectivity index (χ3n) is 10.5. The van der Waals surface area contributed by atoms with Crippen LogP contribution in [0.3, 0.4) is 0 Å². The van der Waals surface area contributed by atoms with Gasteiger partial charge in [0.2, 0.25) is 0 Å². The average Bonchev–Trinajstić information content (AvgIpc) is 3.76. The van der Waals surface area contributed by atoms with Crippen LogP contribution in [0.4, 0.5) is 0 Å². The van der Waals surface area contributed by atoms with Gasteiger partial charge in [-0.05, 0) is 57.4 Å². The van der Waals surface area contributed by atoms with Gasteiger partial charge in [0.15, 0.2) is 5.82 Å². The third kappa shape index (κ3) is 5.42. The van der Waals surface area contributed by atoms with Gasteiger partial charge in [-0.25, -0.2) is 15.0 Å². The number of aromatic nitrogens is 5. The van der Waals surface area contributed by atoms with Crippen LogP contribution in [0.1, 0.15) is 0 Å². The van der Waals surface area contributed by atoms with Crippen LogP contribution in [0, 0.1) is 0 Å². The molecule has 55 heavy (non-hydrogen) atoms. The van der Waals surface area contributed by atoms with Crippen molar-refractivity contribution in [2.75, 3.05) is 0 Å². The monoisotopic (exact) mass is 719 g/mol. The van der Waals surface area contributed by atoms with Gasteiger partial charge in [0.25, 0.3) is 0 Å². The summed E-state index contributed by atoms with van der Waals surface area (Å²) in [4.78, 5) is 15.5. The first-order chi connectivity index (χ1) is 27.2. The van der Waals surface area contributed by atoms with Crippen LogP contribution in [0.25, 0.3) is 111 Å². The molecule has 0 radical (unpaired) electrons. The van der Waals surface area contributed by atoms with Gasteiger partial charge in [-0.3, -0.25) is 0 Å². The zero-order valence-electron chi connectivity index (χ0n) is 29.4. The lowest BCUT2D eigenvalue weighted by Gasteiger charge is -2.13. The summed E-state index contributed by atoms with van der Waals surface area (Å²) < 4.78 is 9.74. The number of hydrogen-bond acceptors (Lipinski definition) is 6. The first kappa shape index (κ1) is 31.4. The largest absolute Gasteiger partial charge is 0.247 e. The van der Waals surface area contributed by atoms with E-state index in [2.05, 4.69) is 164 Å². The molecule has 0 aliphatic heterocycles. The van der Waals surface area contributed by atoms with Crippen LogP contribution in [-0.4, -0.2) is 23.7 Å². The van der Waals surface area contributed by atoms with Gasteiger partial charge < -0.3 is 0 Å². The molecule has 6 heteroatoms. The van der Waals surface area contributed by atoms with Crippen molar-refractivity contribution in [3.8, 4) is 56.3 Å². The Bertz CT molecular complexity index is 3170. The molecule has 8 aromatic carbocycles. The van der Waals surface area contributed by atoms with Crippen molar-refractivity contribution in [1.82, 2.24) is 23.7 Å². The molecule has 0 bridgehead atoms. The Balaban J connectivity index is 1.07. The fourth-order valence-corrected chi connectivity index (χ4v) is 8.34. The molecular formula is C49H29N5S. The van der Waals surface area contributed by atoms with Gasteiger partial charge in [-0.2, -0.15) is 8.75 Å². The van der Waals surface area contributed by atoms with Crippen molar-refractivity contribution in [3.63, 3.8) is 0 Å². The minimum atomic E-state index is 0.688. The lowest BCUT2D eigenvalue weighted by atomic mass is 9.93. The summed E-state index contributed by atoms with van der Waals surface area (Å²) in [6.45, 7) is 0. The topological polar surface area (TPSA) is 64.5 Å². The van der Waals surface area contributed by atoms with Gasteiger partial charge in [0.1, 0.15) is 11.0 Å². The molecule has 0 spiro atoms. The summed E-state index contributed by atoms with van der Waals surface area (Å²) in [7, 11) is 0. The van der Waals surface area contributed by atoms with Crippen molar-refractivity contribution in [2.24, 2.45) is 0 Å². The second-order valence-corrected chi connectivity index (χ2v) is 14.3. The van der Waals surface area contributed by atoms with E-state index in [9.17, 15) is 0 Å². The van der Waals surface area contributed by atoms with Gasteiger partial charge in [-0.1, -0.05) is 146 Å². The summed E-state index contributed by atoms with van der Waals surface area (Å²) in [6.07, 6.45) is 0. The molecule has 0 saturated heterocycles. The van der Waals surface area contributed by atoms with Gasteiger partial charge in [0.05, 0.1) is 34.3 Å². The van der Waals surface area contributed by atoms with Gasteiger partial charge in [-0.15, -0.1) is 0 Å². The number of pyridine rings is 1. The van der Waals surface area contributed by atoms with Crippen LogP contribution >= 0.6 is 11.7 Å². The third-order valence-corrected chi connectivity index (χ3v) is 11.0. The van der Waals surface area contributed by atoms with E-state index in [4.69, 9.17) is 23.7 Å². The molecule has 0 aliphatic rings. The highest BCUT2D eigenvalue weighted by atomic mass is 32.1. The molecule has 11 aromatic rings. The number of fused-ring (bicyclic) bond motifs is 7. The zero-order valence-corrected chi connectivity index (χ0v) is 30.2. The fourth-order valence-electron chi connectivity index (χ4n) is 7.77. The fraction of sp³-hybridized carbons (Fsp3) is 0. The first-order valence-electron chi connectivity index (χ1n) is 18.2. The van der Waals surface area contributed by atoms with Gasteiger partial charge >= 0.3 is 0 Å². The minimum Gasteiger partial charge on any atom is -0.247 e. The highest BCUT2D eigenvalue weighted by Gasteiger charge is 2.19. The van der Waals surface area contributed by atoms with Crippen LogP contribution in [-0.2, 0) is 0 Å². The van der Waals surface area contributed by atoms with Crippen LogP contribution in [0.15, 0.2) is 176 Å². The second-order valence-electron chi connectivity index (χ2n) is 13.8. The molecular weight excluding hydrogens is 691 g/mol. The maximum absolute atomic E-state index is 5.19. The van der Waals surface area contributed by atoms with Crippen molar-refractivity contribution in [3.05, 3.63) is 176 Å². The Hall–Kier alpha value is -7.15. The van der Waals surface area contributed by atoms with Crippen molar-refractivity contribution >= 4 is 66.0 Å². The van der Waals surface area contributed by atoms with Crippen LogP contribution < -0.4 is 0 Å². The van der Waals surface area contributed by atoms with Crippen molar-refractivity contribution in [2.45, 2.75) is 0 Å². The Labute approximate surface area is 320 Å². The molecule has 0 saturated carbocycles. The normalized spacial score (nSPS) is 11.6.